The zero-order valence-corrected chi connectivity index (χ0v) is 23.7. The molecule has 3 rings (SSSR count). The van der Waals surface area contributed by atoms with Crippen LogP contribution in [-0.4, -0.2) is 38.1 Å². The van der Waals surface area contributed by atoms with Crippen LogP contribution in [0.1, 0.15) is 120 Å². The average Bonchev–Trinajstić information content (AvgIpc) is 3.63. The van der Waals surface area contributed by atoms with E-state index in [0.717, 1.165) is 22.7 Å². The van der Waals surface area contributed by atoms with E-state index in [2.05, 4.69) is 37.8 Å². The Labute approximate surface area is 231 Å². The number of ether oxygens (including phenoxy) is 1. The number of hydrogen-bond donors (Lipinski definition) is 2. The Bertz CT molecular complexity index is 1020. The Hall–Kier alpha value is -2.81. The van der Waals surface area contributed by atoms with Gasteiger partial charge in [-0.2, -0.15) is 0 Å². The summed E-state index contributed by atoms with van der Waals surface area (Å²) in [6, 6.07) is 7.86. The molecule has 8 nitrogen and oxygen atoms in total. The van der Waals surface area contributed by atoms with E-state index in [1.807, 2.05) is 24.3 Å². The summed E-state index contributed by atoms with van der Waals surface area (Å²) in [4.78, 5) is 16.9. The van der Waals surface area contributed by atoms with E-state index in [0.29, 0.717) is 12.3 Å². The van der Waals surface area contributed by atoms with Gasteiger partial charge in [0, 0.05) is 5.38 Å². The normalized spacial score (nSPS) is 11.1. The fourth-order valence-corrected chi connectivity index (χ4v) is 5.32. The summed E-state index contributed by atoms with van der Waals surface area (Å²) < 4.78 is 6.10. The molecule has 9 heteroatoms. The van der Waals surface area contributed by atoms with Crippen molar-refractivity contribution in [3.8, 4) is 16.3 Å². The number of aromatic nitrogens is 5. The molecule has 0 aliphatic carbocycles. The largest absolute Gasteiger partial charge is 0.493 e. The van der Waals surface area contributed by atoms with Gasteiger partial charge in [-0.15, -0.1) is 11.3 Å². The lowest BCUT2D eigenvalue weighted by molar-refractivity contribution is 0.102. The monoisotopic (exact) mass is 540 g/mol. The molecule has 0 radical (unpaired) electrons. The summed E-state index contributed by atoms with van der Waals surface area (Å²) in [7, 11) is 0. The highest BCUT2D eigenvalue weighted by Crippen LogP contribution is 2.32. The van der Waals surface area contributed by atoms with E-state index in [9.17, 15) is 4.79 Å². The predicted octanol–water partition coefficient (Wildman–Crippen LogP) is 8.22. The molecule has 0 spiro atoms. The quantitative estimate of drug-likeness (QED) is 0.132. The van der Waals surface area contributed by atoms with Crippen molar-refractivity contribution in [2.24, 2.45) is 0 Å². The Morgan fingerprint density at radius 2 is 1.47 bits per heavy atom. The number of thiazole rings is 1. The van der Waals surface area contributed by atoms with Crippen molar-refractivity contribution < 1.29 is 9.53 Å². The number of benzene rings is 1. The molecule has 2 heterocycles. The molecular formula is C29H44N6O2S. The number of amides is 1. The van der Waals surface area contributed by atoms with Crippen molar-refractivity contribution in [2.75, 3.05) is 11.9 Å². The van der Waals surface area contributed by atoms with Crippen molar-refractivity contribution >= 4 is 23.2 Å². The molecule has 0 aliphatic heterocycles. The minimum absolute atomic E-state index is 0.187. The Morgan fingerprint density at radius 1 is 0.868 bits per heavy atom. The van der Waals surface area contributed by atoms with Crippen LogP contribution in [0.25, 0.3) is 10.6 Å². The molecule has 0 saturated heterocycles. The number of H-pyrrole nitrogens is 1. The molecule has 38 heavy (non-hydrogen) atoms. The smallest absolute Gasteiger partial charge is 0.277 e. The number of rotatable bonds is 21. The van der Waals surface area contributed by atoms with Gasteiger partial charge in [0.2, 0.25) is 5.95 Å². The standard InChI is InChI=1S/C29H44N6O2S/c1-2-3-4-5-6-7-8-9-10-11-12-13-14-15-16-19-22-37-26-21-18-17-20-24(26)28-30-25(23-38-28)27(36)31-29-32-34-35-33-29/h17-18,20-21,23H,2-16,19,22H2,1H3,(H2,31,32,33,34,35,36). The highest BCUT2D eigenvalue weighted by molar-refractivity contribution is 7.13. The first-order valence-electron chi connectivity index (χ1n) is 14.5. The highest BCUT2D eigenvalue weighted by Gasteiger charge is 2.15. The van der Waals surface area contributed by atoms with E-state index >= 15 is 0 Å². The average molecular weight is 541 g/mol. The van der Waals surface area contributed by atoms with Crippen LogP contribution in [0.4, 0.5) is 5.95 Å². The topological polar surface area (TPSA) is 106 Å². The lowest BCUT2D eigenvalue weighted by atomic mass is 10.0. The number of nitrogens with one attached hydrogen (secondary N) is 2. The van der Waals surface area contributed by atoms with Crippen LogP contribution in [-0.2, 0) is 0 Å². The zero-order chi connectivity index (χ0) is 26.7. The highest BCUT2D eigenvalue weighted by atomic mass is 32.1. The number of aromatic amines is 1. The van der Waals surface area contributed by atoms with Gasteiger partial charge in [-0.3, -0.25) is 10.1 Å². The first kappa shape index (κ1) is 29.7. The van der Waals surface area contributed by atoms with Gasteiger partial charge < -0.3 is 4.74 Å². The number of para-hydroxylation sites is 1. The van der Waals surface area contributed by atoms with Crippen molar-refractivity contribution in [3.05, 3.63) is 35.3 Å². The maximum Gasteiger partial charge on any atom is 0.277 e. The van der Waals surface area contributed by atoms with Crippen LogP contribution >= 0.6 is 11.3 Å². The minimum atomic E-state index is -0.363. The first-order valence-corrected chi connectivity index (χ1v) is 15.4. The second-order valence-electron chi connectivity index (χ2n) is 9.89. The lowest BCUT2D eigenvalue weighted by Crippen LogP contribution is -2.13. The molecule has 3 aromatic rings. The molecular weight excluding hydrogens is 496 g/mol. The fraction of sp³-hybridized carbons (Fsp3) is 0.621. The summed E-state index contributed by atoms with van der Waals surface area (Å²) >= 11 is 1.41. The van der Waals surface area contributed by atoms with Crippen LogP contribution in [0.15, 0.2) is 29.6 Å². The van der Waals surface area contributed by atoms with Gasteiger partial charge in [0.1, 0.15) is 16.5 Å². The third-order valence-corrected chi connectivity index (χ3v) is 7.56. The van der Waals surface area contributed by atoms with Crippen LogP contribution < -0.4 is 10.1 Å². The van der Waals surface area contributed by atoms with E-state index in [1.54, 1.807) is 5.38 Å². The van der Waals surface area contributed by atoms with E-state index in [4.69, 9.17) is 4.74 Å². The van der Waals surface area contributed by atoms with Gasteiger partial charge in [-0.05, 0) is 29.0 Å². The number of unbranched alkanes of at least 4 members (excludes halogenated alkanes) is 15. The molecule has 0 fully saturated rings. The summed E-state index contributed by atoms with van der Waals surface area (Å²) in [5.74, 6) is 0.624. The van der Waals surface area contributed by atoms with Gasteiger partial charge in [0.15, 0.2) is 0 Å². The second-order valence-corrected chi connectivity index (χ2v) is 10.7. The zero-order valence-electron chi connectivity index (χ0n) is 22.9. The second kappa shape index (κ2) is 18.4. The predicted molar refractivity (Wildman–Crippen MR) is 155 cm³/mol. The number of anilines is 1. The van der Waals surface area contributed by atoms with E-state index < -0.39 is 0 Å². The maximum atomic E-state index is 12.4. The van der Waals surface area contributed by atoms with Crippen molar-refractivity contribution in [1.82, 2.24) is 25.6 Å². The van der Waals surface area contributed by atoms with E-state index in [-0.39, 0.29) is 11.9 Å². The number of nitrogens with zero attached hydrogens (tertiary/aromatic N) is 4. The number of tetrazole rings is 1. The molecule has 0 unspecified atom stereocenters. The van der Waals surface area contributed by atoms with Crippen LogP contribution in [0.3, 0.4) is 0 Å². The molecule has 0 bridgehead atoms. The fourth-order valence-electron chi connectivity index (χ4n) is 4.49. The van der Waals surface area contributed by atoms with Gasteiger partial charge in [0.05, 0.1) is 12.2 Å². The summed E-state index contributed by atoms with van der Waals surface area (Å²) in [6.07, 6.45) is 21.7. The van der Waals surface area contributed by atoms with E-state index in [1.165, 1.54) is 108 Å². The summed E-state index contributed by atoms with van der Waals surface area (Å²) in [6.45, 7) is 2.97. The lowest BCUT2D eigenvalue weighted by Gasteiger charge is -2.10. The maximum absolute atomic E-state index is 12.4. The molecule has 1 aromatic carbocycles. The van der Waals surface area contributed by atoms with Crippen LogP contribution in [0.5, 0.6) is 5.75 Å². The summed E-state index contributed by atoms with van der Waals surface area (Å²) in [5.41, 5.74) is 1.21. The SMILES string of the molecule is CCCCCCCCCCCCCCCCCCOc1ccccc1-c1nc(C(=O)Nc2nnn[nH]2)cs1. The van der Waals surface area contributed by atoms with Gasteiger partial charge in [0.25, 0.3) is 5.91 Å². The Balaban J connectivity index is 1.23. The Kier molecular flexibility index (Phi) is 14.4. The van der Waals surface area contributed by atoms with Gasteiger partial charge in [-0.25, -0.2) is 10.1 Å². The van der Waals surface area contributed by atoms with Gasteiger partial charge >= 0.3 is 0 Å². The minimum Gasteiger partial charge on any atom is -0.493 e. The third-order valence-electron chi connectivity index (χ3n) is 6.69. The van der Waals surface area contributed by atoms with Crippen molar-refractivity contribution in [1.29, 1.82) is 0 Å². The molecule has 0 aliphatic rings. The summed E-state index contributed by atoms with van der Waals surface area (Å²) in [5, 5.41) is 18.1. The molecule has 208 valence electrons. The first-order chi connectivity index (χ1) is 18.8. The van der Waals surface area contributed by atoms with Gasteiger partial charge in [-0.1, -0.05) is 120 Å². The number of carbonyl (C=O) groups excluding carboxylic acids is 1. The molecule has 0 saturated carbocycles. The van der Waals surface area contributed by atoms with Crippen LogP contribution in [0, 0.1) is 0 Å². The number of hydrogen-bond acceptors (Lipinski definition) is 7. The Morgan fingerprint density at radius 3 is 2.08 bits per heavy atom. The third kappa shape index (κ3) is 11.3. The molecule has 0 atom stereocenters. The molecule has 2 aromatic heterocycles. The molecule has 2 N–H and O–H groups in total. The molecule has 1 amide bonds. The van der Waals surface area contributed by atoms with Crippen molar-refractivity contribution in [3.63, 3.8) is 0 Å². The van der Waals surface area contributed by atoms with Crippen molar-refractivity contribution in [2.45, 2.75) is 110 Å². The number of carbonyl (C=O) groups is 1. The van der Waals surface area contributed by atoms with Crippen LogP contribution in [0.2, 0.25) is 0 Å².